The second-order valence-corrected chi connectivity index (χ2v) is 5.94. The first kappa shape index (κ1) is 19.3. The van der Waals surface area contributed by atoms with Crippen LogP contribution in [0.2, 0.25) is 0 Å². The molecule has 1 atom stereocenters. The first-order valence-corrected chi connectivity index (χ1v) is 8.59. The monoisotopic (exact) mass is 349 g/mol. The minimum absolute atomic E-state index is 0.237. The van der Waals surface area contributed by atoms with Gasteiger partial charge in [-0.15, -0.1) is 12.3 Å². The summed E-state index contributed by atoms with van der Waals surface area (Å²) in [4.78, 5) is 25.1. The first-order chi connectivity index (χ1) is 12.7. The van der Waals surface area contributed by atoms with E-state index in [-0.39, 0.29) is 5.91 Å². The molecule has 0 spiro atoms. The molecule has 26 heavy (non-hydrogen) atoms. The Balaban J connectivity index is 2.25. The number of esters is 1. The molecule has 0 fully saturated rings. The normalized spacial score (nSPS) is 11.4. The van der Waals surface area contributed by atoms with E-state index in [4.69, 9.17) is 11.2 Å². The lowest BCUT2D eigenvalue weighted by Gasteiger charge is -2.22. The molecule has 1 amide bonds. The number of terminal acetylenes is 1. The maximum absolute atomic E-state index is 13.0. The molecule has 0 aliphatic rings. The molecule has 0 bridgehead atoms. The van der Waals surface area contributed by atoms with Crippen molar-refractivity contribution in [1.82, 2.24) is 5.32 Å². The Hall–Kier alpha value is -3.06. The summed E-state index contributed by atoms with van der Waals surface area (Å²) in [6, 6.07) is 18.3. The van der Waals surface area contributed by atoms with Gasteiger partial charge in [0.05, 0.1) is 13.0 Å². The van der Waals surface area contributed by atoms with E-state index in [9.17, 15) is 9.59 Å². The number of hydrogen-bond donors (Lipinski definition) is 1. The van der Waals surface area contributed by atoms with Crippen LogP contribution in [0, 0.1) is 12.3 Å². The third-order valence-electron chi connectivity index (χ3n) is 4.14. The quantitative estimate of drug-likeness (QED) is 0.452. The van der Waals surface area contributed by atoms with Crippen molar-refractivity contribution in [2.75, 3.05) is 7.11 Å². The number of unbranched alkanes of at least 4 members (excludes halogenated alkanes) is 1. The first-order valence-electron chi connectivity index (χ1n) is 8.59. The molecule has 0 aliphatic heterocycles. The summed E-state index contributed by atoms with van der Waals surface area (Å²) in [5, 5.41) is 2.84. The fourth-order valence-electron chi connectivity index (χ4n) is 2.84. The van der Waals surface area contributed by atoms with E-state index in [0.717, 1.165) is 11.1 Å². The largest absolute Gasteiger partial charge is 0.467 e. The van der Waals surface area contributed by atoms with Crippen molar-refractivity contribution in [2.45, 2.75) is 31.2 Å². The predicted octanol–water partition coefficient (Wildman–Crippen LogP) is 3.28. The molecule has 2 aromatic rings. The van der Waals surface area contributed by atoms with Crippen LogP contribution in [0.3, 0.4) is 0 Å². The average Bonchev–Trinajstić information content (AvgIpc) is 2.68. The van der Waals surface area contributed by atoms with Crippen molar-refractivity contribution >= 4 is 11.9 Å². The number of carbonyl (C=O) groups excluding carboxylic acids is 2. The highest BCUT2D eigenvalue weighted by Gasteiger charge is 2.27. The number of amides is 1. The van der Waals surface area contributed by atoms with Gasteiger partial charge in [0.1, 0.15) is 6.04 Å². The zero-order valence-corrected chi connectivity index (χ0v) is 14.9. The van der Waals surface area contributed by atoms with Gasteiger partial charge in [-0.05, 0) is 24.0 Å². The lowest BCUT2D eigenvalue weighted by Crippen LogP contribution is -2.43. The summed E-state index contributed by atoms with van der Waals surface area (Å²) in [5.41, 5.74) is 1.73. The topological polar surface area (TPSA) is 55.4 Å². The van der Waals surface area contributed by atoms with Gasteiger partial charge < -0.3 is 10.1 Å². The molecule has 0 saturated heterocycles. The third kappa shape index (κ3) is 5.22. The van der Waals surface area contributed by atoms with Gasteiger partial charge >= 0.3 is 5.97 Å². The minimum atomic E-state index is -0.712. The van der Waals surface area contributed by atoms with E-state index in [1.165, 1.54) is 7.11 Å². The molecule has 0 unspecified atom stereocenters. The lowest BCUT2D eigenvalue weighted by atomic mass is 9.90. The molecule has 0 radical (unpaired) electrons. The van der Waals surface area contributed by atoms with Gasteiger partial charge in [-0.1, -0.05) is 60.7 Å². The van der Waals surface area contributed by atoms with Crippen LogP contribution in [-0.4, -0.2) is 25.0 Å². The average molecular weight is 349 g/mol. The molecular weight excluding hydrogens is 326 g/mol. The van der Waals surface area contributed by atoms with E-state index in [1.54, 1.807) is 0 Å². The van der Waals surface area contributed by atoms with Crippen molar-refractivity contribution in [3.8, 4) is 12.3 Å². The molecule has 4 heteroatoms. The van der Waals surface area contributed by atoms with Crippen LogP contribution in [0.4, 0.5) is 0 Å². The van der Waals surface area contributed by atoms with E-state index in [2.05, 4.69) is 11.2 Å². The zero-order valence-electron chi connectivity index (χ0n) is 14.9. The van der Waals surface area contributed by atoms with Crippen molar-refractivity contribution in [2.24, 2.45) is 0 Å². The zero-order chi connectivity index (χ0) is 18.8. The number of carbonyl (C=O) groups is 2. The van der Waals surface area contributed by atoms with Gasteiger partial charge in [0.25, 0.3) is 0 Å². The Kier molecular flexibility index (Phi) is 7.45. The number of ether oxygens (including phenoxy) is 1. The van der Waals surface area contributed by atoms with E-state index >= 15 is 0 Å². The molecule has 4 nitrogen and oxygen atoms in total. The highest BCUT2D eigenvalue weighted by molar-refractivity contribution is 5.91. The second-order valence-electron chi connectivity index (χ2n) is 5.94. The summed E-state index contributed by atoms with van der Waals surface area (Å²) < 4.78 is 4.83. The van der Waals surface area contributed by atoms with Crippen LogP contribution in [-0.2, 0) is 14.3 Å². The van der Waals surface area contributed by atoms with E-state index < -0.39 is 17.9 Å². The van der Waals surface area contributed by atoms with Crippen molar-refractivity contribution in [1.29, 1.82) is 0 Å². The Labute approximate surface area is 154 Å². The Morgan fingerprint density at radius 2 is 1.58 bits per heavy atom. The second kappa shape index (κ2) is 10.0. The standard InChI is InChI=1S/C22H23NO3/c1-3-4-7-16-19(22(25)26-2)23-21(24)20(17-12-8-5-9-13-17)18-14-10-6-11-15-18/h1,5-6,8-15,19-20H,4,7,16H2,2H3,(H,23,24)/t19-/m1/s1. The van der Waals surface area contributed by atoms with Gasteiger partial charge in [-0.2, -0.15) is 0 Å². The van der Waals surface area contributed by atoms with Crippen LogP contribution in [0.5, 0.6) is 0 Å². The molecular formula is C22H23NO3. The summed E-state index contributed by atoms with van der Waals surface area (Å²) in [7, 11) is 1.31. The molecule has 2 aromatic carbocycles. The number of benzene rings is 2. The van der Waals surface area contributed by atoms with Gasteiger partial charge in [0.2, 0.25) is 5.91 Å². The van der Waals surface area contributed by atoms with Gasteiger partial charge in [-0.3, -0.25) is 4.79 Å². The van der Waals surface area contributed by atoms with Crippen LogP contribution >= 0.6 is 0 Å². The van der Waals surface area contributed by atoms with E-state index in [1.807, 2.05) is 60.7 Å². The fourth-order valence-corrected chi connectivity index (χ4v) is 2.84. The Morgan fingerprint density at radius 3 is 2.04 bits per heavy atom. The SMILES string of the molecule is C#CCCC[C@@H](NC(=O)C(c1ccccc1)c1ccccc1)C(=O)OC. The smallest absolute Gasteiger partial charge is 0.328 e. The molecule has 0 saturated carbocycles. The highest BCUT2D eigenvalue weighted by Crippen LogP contribution is 2.25. The summed E-state index contributed by atoms with van der Waals surface area (Å²) >= 11 is 0. The molecule has 1 N–H and O–H groups in total. The molecule has 0 aromatic heterocycles. The predicted molar refractivity (Wildman–Crippen MR) is 101 cm³/mol. The summed E-state index contributed by atoms with van der Waals surface area (Å²) in [6.45, 7) is 0. The van der Waals surface area contributed by atoms with Crippen molar-refractivity contribution in [3.05, 3.63) is 71.8 Å². The maximum Gasteiger partial charge on any atom is 0.328 e. The minimum Gasteiger partial charge on any atom is -0.467 e. The maximum atomic E-state index is 13.0. The lowest BCUT2D eigenvalue weighted by molar-refractivity contribution is -0.145. The van der Waals surface area contributed by atoms with Crippen LogP contribution in [0.15, 0.2) is 60.7 Å². The van der Waals surface area contributed by atoms with Crippen LogP contribution < -0.4 is 5.32 Å². The van der Waals surface area contributed by atoms with Crippen LogP contribution in [0.1, 0.15) is 36.3 Å². The number of hydrogen-bond acceptors (Lipinski definition) is 3. The van der Waals surface area contributed by atoms with Gasteiger partial charge in [0.15, 0.2) is 0 Å². The molecule has 134 valence electrons. The van der Waals surface area contributed by atoms with Crippen molar-refractivity contribution < 1.29 is 14.3 Å². The summed E-state index contributed by atoms with van der Waals surface area (Å²) in [5.74, 6) is 1.34. The van der Waals surface area contributed by atoms with Gasteiger partial charge in [0, 0.05) is 6.42 Å². The Bertz CT molecular complexity index is 710. The molecule has 0 aliphatic carbocycles. The number of nitrogens with one attached hydrogen (secondary N) is 1. The van der Waals surface area contributed by atoms with E-state index in [0.29, 0.717) is 19.3 Å². The molecule has 2 rings (SSSR count). The number of rotatable bonds is 8. The van der Waals surface area contributed by atoms with Crippen molar-refractivity contribution in [3.63, 3.8) is 0 Å². The number of methoxy groups -OCH3 is 1. The summed E-state index contributed by atoms with van der Waals surface area (Å²) in [6.07, 6.45) is 6.90. The fraction of sp³-hybridized carbons (Fsp3) is 0.273. The molecule has 0 heterocycles. The highest BCUT2D eigenvalue weighted by atomic mass is 16.5. The van der Waals surface area contributed by atoms with Crippen LogP contribution in [0.25, 0.3) is 0 Å². The Morgan fingerprint density at radius 1 is 1.04 bits per heavy atom. The third-order valence-corrected chi connectivity index (χ3v) is 4.14. The van der Waals surface area contributed by atoms with Gasteiger partial charge in [-0.25, -0.2) is 4.79 Å².